The lowest BCUT2D eigenvalue weighted by molar-refractivity contribution is -0.302. The number of carbonyl (C=O) groups excluding carboxylic acids is 1. The number of nitrogens with one attached hydrogen (secondary N) is 1. The topological polar surface area (TPSA) is 149 Å². The second kappa shape index (κ2) is 67.3. The number of amides is 1. The molecule has 1 heterocycles. The summed E-state index contributed by atoms with van der Waals surface area (Å²) >= 11 is 0. The number of allylic oxidation sites excluding steroid dienone is 13. The number of hydrogen-bond donors (Lipinski definition) is 6. The molecule has 0 aliphatic carbocycles. The lowest BCUT2D eigenvalue weighted by Gasteiger charge is -2.40. The molecule has 1 aliphatic rings. The summed E-state index contributed by atoms with van der Waals surface area (Å²) < 4.78 is 11.3. The van der Waals surface area contributed by atoms with Crippen LogP contribution in [0.25, 0.3) is 0 Å². The van der Waals surface area contributed by atoms with Crippen molar-refractivity contribution < 1.29 is 39.8 Å². The minimum atomic E-state index is -1.57. The van der Waals surface area contributed by atoms with Gasteiger partial charge >= 0.3 is 0 Å². The fourth-order valence-corrected chi connectivity index (χ4v) is 11.9. The van der Waals surface area contributed by atoms with Crippen LogP contribution < -0.4 is 5.32 Å². The van der Waals surface area contributed by atoms with Crippen LogP contribution in [0.3, 0.4) is 0 Å². The van der Waals surface area contributed by atoms with Crippen molar-refractivity contribution in [2.24, 2.45) is 0 Å². The van der Waals surface area contributed by atoms with Crippen LogP contribution in [0.15, 0.2) is 85.1 Å². The van der Waals surface area contributed by atoms with Gasteiger partial charge in [-0.05, 0) is 70.6 Å². The molecular formula is C79H143NO8. The van der Waals surface area contributed by atoms with Crippen molar-refractivity contribution >= 4 is 5.91 Å². The molecule has 6 N–H and O–H groups in total. The van der Waals surface area contributed by atoms with Gasteiger partial charge in [0.15, 0.2) is 6.29 Å². The molecule has 0 radical (unpaired) electrons. The van der Waals surface area contributed by atoms with E-state index in [1.165, 1.54) is 257 Å². The van der Waals surface area contributed by atoms with E-state index in [4.69, 9.17) is 9.47 Å². The first-order chi connectivity index (χ1) is 43.3. The highest BCUT2D eigenvalue weighted by atomic mass is 16.7. The second-order valence-electron chi connectivity index (χ2n) is 26.1. The van der Waals surface area contributed by atoms with Gasteiger partial charge in [-0.2, -0.15) is 0 Å². The summed E-state index contributed by atoms with van der Waals surface area (Å²) in [5, 5.41) is 54.9. The number of aliphatic hydroxyl groups is 5. The predicted octanol–water partition coefficient (Wildman–Crippen LogP) is 21.3. The number of hydrogen-bond acceptors (Lipinski definition) is 8. The van der Waals surface area contributed by atoms with Gasteiger partial charge in [0, 0.05) is 6.42 Å². The van der Waals surface area contributed by atoms with E-state index in [1.807, 2.05) is 6.08 Å². The molecule has 0 aromatic carbocycles. The zero-order valence-electron chi connectivity index (χ0n) is 57.5. The van der Waals surface area contributed by atoms with E-state index in [1.54, 1.807) is 6.08 Å². The lowest BCUT2D eigenvalue weighted by atomic mass is 9.99. The van der Waals surface area contributed by atoms with Crippen LogP contribution in [0.4, 0.5) is 0 Å². The van der Waals surface area contributed by atoms with Crippen LogP contribution in [0.1, 0.15) is 354 Å². The SMILES string of the molecule is CC/C=C\C/C=C\C/C=C\C/C=C\C/C=C\C/C=C\CCCCCCCCCCCCCCCCCCC(=O)NC(COC1OC(CO)C(O)C(O)C1O)C(O)/C=C/CCCCCCCCCCCCCCCCCCCCCCCCCCCCCC. The Morgan fingerprint density at radius 3 is 1.05 bits per heavy atom. The highest BCUT2D eigenvalue weighted by Crippen LogP contribution is 2.24. The molecule has 88 heavy (non-hydrogen) atoms. The molecule has 1 fully saturated rings. The van der Waals surface area contributed by atoms with E-state index in [2.05, 4.69) is 92.1 Å². The Hall–Kier alpha value is -2.63. The number of rotatable bonds is 66. The Bertz CT molecular complexity index is 1670. The first-order valence-corrected chi connectivity index (χ1v) is 37.8. The summed E-state index contributed by atoms with van der Waals surface area (Å²) in [4.78, 5) is 13.2. The van der Waals surface area contributed by atoms with Crippen molar-refractivity contribution in [1.29, 1.82) is 0 Å². The first kappa shape index (κ1) is 83.4. The van der Waals surface area contributed by atoms with Crippen molar-refractivity contribution in [3.05, 3.63) is 85.1 Å². The highest BCUT2D eigenvalue weighted by molar-refractivity contribution is 5.76. The van der Waals surface area contributed by atoms with Gasteiger partial charge in [0.05, 0.1) is 25.4 Å². The Balaban J connectivity index is 2.10. The van der Waals surface area contributed by atoms with E-state index in [-0.39, 0.29) is 12.5 Å². The second-order valence-corrected chi connectivity index (χ2v) is 26.1. The molecule has 9 heteroatoms. The third-order valence-corrected chi connectivity index (χ3v) is 17.7. The van der Waals surface area contributed by atoms with Crippen molar-refractivity contribution in [3.8, 4) is 0 Å². The van der Waals surface area contributed by atoms with Gasteiger partial charge in [0.1, 0.15) is 24.4 Å². The maximum Gasteiger partial charge on any atom is 0.220 e. The van der Waals surface area contributed by atoms with Gasteiger partial charge in [-0.15, -0.1) is 0 Å². The molecule has 0 aromatic rings. The van der Waals surface area contributed by atoms with Crippen molar-refractivity contribution in [2.75, 3.05) is 13.2 Å². The molecule has 7 unspecified atom stereocenters. The van der Waals surface area contributed by atoms with E-state index in [0.29, 0.717) is 6.42 Å². The van der Waals surface area contributed by atoms with E-state index < -0.39 is 49.5 Å². The Morgan fingerprint density at radius 2 is 0.705 bits per heavy atom. The lowest BCUT2D eigenvalue weighted by Crippen LogP contribution is -2.60. The summed E-state index contributed by atoms with van der Waals surface area (Å²) in [7, 11) is 0. The Labute approximate surface area is 543 Å². The first-order valence-electron chi connectivity index (χ1n) is 37.8. The van der Waals surface area contributed by atoms with Crippen molar-refractivity contribution in [3.63, 3.8) is 0 Å². The number of unbranched alkanes of at least 4 members (excludes halogenated alkanes) is 44. The molecule has 1 amide bonds. The molecule has 0 spiro atoms. The van der Waals surface area contributed by atoms with Crippen molar-refractivity contribution in [2.45, 2.75) is 397 Å². The largest absolute Gasteiger partial charge is 0.394 e. The van der Waals surface area contributed by atoms with E-state index in [0.717, 1.165) is 77.0 Å². The molecule has 0 saturated carbocycles. The average molecular weight is 1240 g/mol. The monoisotopic (exact) mass is 1230 g/mol. The van der Waals surface area contributed by atoms with Gasteiger partial charge in [-0.3, -0.25) is 4.79 Å². The van der Waals surface area contributed by atoms with Gasteiger partial charge in [-0.1, -0.05) is 362 Å². The van der Waals surface area contributed by atoms with Crippen LogP contribution in [0.2, 0.25) is 0 Å². The summed E-state index contributed by atoms with van der Waals surface area (Å²) in [6.07, 6.45) is 89.9. The summed E-state index contributed by atoms with van der Waals surface area (Å²) in [6, 6.07) is -0.810. The fraction of sp³-hybridized carbons (Fsp3) is 0.810. The normalized spacial score (nSPS) is 18.4. The molecule has 7 atom stereocenters. The highest BCUT2D eigenvalue weighted by Gasteiger charge is 2.44. The van der Waals surface area contributed by atoms with Crippen LogP contribution in [0, 0.1) is 0 Å². The van der Waals surface area contributed by atoms with Gasteiger partial charge < -0.3 is 40.3 Å². The molecule has 512 valence electrons. The average Bonchev–Trinajstić information content (AvgIpc) is 3.65. The maximum absolute atomic E-state index is 13.2. The van der Waals surface area contributed by atoms with Crippen LogP contribution in [0.5, 0.6) is 0 Å². The minimum Gasteiger partial charge on any atom is -0.394 e. The summed E-state index contributed by atoms with van der Waals surface area (Å²) in [5.74, 6) is -0.174. The van der Waals surface area contributed by atoms with Gasteiger partial charge in [-0.25, -0.2) is 0 Å². The van der Waals surface area contributed by atoms with E-state index in [9.17, 15) is 30.3 Å². The molecule has 1 aliphatic heterocycles. The van der Waals surface area contributed by atoms with Crippen LogP contribution in [-0.4, -0.2) is 87.5 Å². The third kappa shape index (κ3) is 55.0. The van der Waals surface area contributed by atoms with Crippen LogP contribution in [-0.2, 0) is 14.3 Å². The third-order valence-electron chi connectivity index (χ3n) is 17.7. The predicted molar refractivity (Wildman–Crippen MR) is 378 cm³/mol. The summed E-state index contributed by atoms with van der Waals surface area (Å²) in [6.45, 7) is 3.71. The Kier molecular flexibility index (Phi) is 63.7. The van der Waals surface area contributed by atoms with Gasteiger partial charge in [0.25, 0.3) is 0 Å². The van der Waals surface area contributed by atoms with E-state index >= 15 is 0 Å². The Morgan fingerprint density at radius 1 is 0.398 bits per heavy atom. The van der Waals surface area contributed by atoms with Crippen molar-refractivity contribution in [1.82, 2.24) is 5.32 Å². The molecule has 0 aromatic heterocycles. The molecular weight excluding hydrogens is 1090 g/mol. The van der Waals surface area contributed by atoms with Crippen LogP contribution >= 0.6 is 0 Å². The number of aliphatic hydroxyl groups excluding tert-OH is 5. The smallest absolute Gasteiger partial charge is 0.220 e. The number of ether oxygens (including phenoxy) is 2. The molecule has 1 rings (SSSR count). The summed E-state index contributed by atoms with van der Waals surface area (Å²) in [5.41, 5.74) is 0. The zero-order chi connectivity index (χ0) is 63.5. The van der Waals surface area contributed by atoms with Gasteiger partial charge in [0.2, 0.25) is 5.91 Å². The number of carbonyl (C=O) groups is 1. The molecule has 1 saturated heterocycles. The minimum absolute atomic E-state index is 0.174. The molecule has 0 bridgehead atoms. The molecule has 9 nitrogen and oxygen atoms in total. The standard InChI is InChI=1S/C79H143NO8/c1-3-5-7-9-11-13-15-17-19-21-23-25-27-29-31-33-35-36-37-38-39-41-43-45-47-49-51-53-55-57-59-61-63-65-67-69-75(83)80-72(71-87-79-78(86)77(85)76(84)74(70-81)88-79)73(82)68-66-64-62-60-58-56-54-52-50-48-46-44-42-40-34-32-30-28-26-24-22-20-18-16-14-12-10-8-6-4-2/h5,7,11,13,17,19,23,25,29,31,35-36,66,68,72-74,76-79,81-82,84-86H,3-4,6,8-10,12,14-16,18,20-22,24,26-28,30,32-34,37-65,67,69-71H2,1-2H3,(H,80,83)/b7-5-,13-11-,19-17-,25-23-,31-29-,36-35-,68-66+. The fourth-order valence-electron chi connectivity index (χ4n) is 11.9. The maximum atomic E-state index is 13.2. The quantitative estimate of drug-likeness (QED) is 0.0261. The zero-order valence-corrected chi connectivity index (χ0v) is 57.5.